The van der Waals surface area contributed by atoms with Gasteiger partial charge >= 0.3 is 12.1 Å². The molecule has 0 bridgehead atoms. The Labute approximate surface area is 232 Å². The molecule has 0 aliphatic carbocycles. The van der Waals surface area contributed by atoms with Gasteiger partial charge in [0.2, 0.25) is 5.91 Å². The smallest absolute Gasteiger partial charge is 0.410 e. The maximum Gasteiger partial charge on any atom is 0.410 e. The lowest BCUT2D eigenvalue weighted by Gasteiger charge is -2.24. The number of rotatable bonds is 11. The molecule has 3 aromatic carbocycles. The molecule has 0 atom stereocenters. The monoisotopic (exact) mass is 573 g/mol. The van der Waals surface area contributed by atoms with Gasteiger partial charge in [0.05, 0.1) is 17.2 Å². The van der Waals surface area contributed by atoms with Crippen molar-refractivity contribution < 1.29 is 32.3 Å². The van der Waals surface area contributed by atoms with E-state index in [4.69, 9.17) is 21.1 Å². The maximum absolute atomic E-state index is 13.6. The van der Waals surface area contributed by atoms with Gasteiger partial charge in [-0.05, 0) is 48.9 Å². The number of nitrogens with one attached hydrogen (secondary N) is 1. The van der Waals surface area contributed by atoms with Gasteiger partial charge in [0.25, 0.3) is 10.0 Å². The Balaban J connectivity index is 1.72. The molecule has 0 fully saturated rings. The molecular weight excluding hydrogens is 546 g/mol. The molecule has 2 amide bonds. The first kappa shape index (κ1) is 29.5. The first-order valence-electron chi connectivity index (χ1n) is 11.9. The topological polar surface area (TPSA) is 122 Å². The lowest BCUT2D eigenvalue weighted by Crippen LogP contribution is -2.37. The Kier molecular flexibility index (Phi) is 10.3. The second-order valence-corrected chi connectivity index (χ2v) is 10.6. The van der Waals surface area contributed by atoms with Crippen molar-refractivity contribution in [2.45, 2.75) is 18.4 Å². The van der Waals surface area contributed by atoms with E-state index in [1.165, 1.54) is 43.4 Å². The van der Waals surface area contributed by atoms with Crippen molar-refractivity contribution >= 4 is 51.0 Å². The highest BCUT2D eigenvalue weighted by atomic mass is 35.5. The minimum absolute atomic E-state index is 0.0560. The molecule has 206 valence electrons. The number of carbonyl (C=O) groups is 3. The van der Waals surface area contributed by atoms with Crippen LogP contribution in [0.2, 0.25) is 5.02 Å². The highest BCUT2D eigenvalue weighted by Gasteiger charge is 2.28. The third kappa shape index (κ3) is 8.45. The van der Waals surface area contributed by atoms with Crippen molar-refractivity contribution in [2.75, 3.05) is 36.4 Å². The summed E-state index contributed by atoms with van der Waals surface area (Å²) in [4.78, 5) is 38.0. The van der Waals surface area contributed by atoms with Crippen LogP contribution in [0.3, 0.4) is 0 Å². The molecule has 0 unspecified atom stereocenters. The number of likely N-dealkylation sites (N-methyl/N-ethyl adjacent to an activating group) is 1. The third-order valence-electron chi connectivity index (χ3n) is 5.28. The Morgan fingerprint density at radius 1 is 0.897 bits per heavy atom. The zero-order valence-electron chi connectivity index (χ0n) is 21.4. The van der Waals surface area contributed by atoms with E-state index in [1.54, 1.807) is 31.2 Å². The Morgan fingerprint density at radius 2 is 1.62 bits per heavy atom. The fourth-order valence-electron chi connectivity index (χ4n) is 3.44. The summed E-state index contributed by atoms with van der Waals surface area (Å²) in [6.07, 6.45) is -0.693. The van der Waals surface area contributed by atoms with Crippen LogP contribution < -0.4 is 9.62 Å². The SMILES string of the molecule is CCOC(=O)CN(c1cccc(Cl)c1)S(=O)(=O)c1cccc(NC(=O)CN(C)C(=O)OCc2ccccc2)c1. The molecule has 3 rings (SSSR count). The lowest BCUT2D eigenvalue weighted by molar-refractivity contribution is -0.141. The van der Waals surface area contributed by atoms with E-state index in [2.05, 4.69) is 5.32 Å². The Bertz CT molecular complexity index is 1420. The third-order valence-corrected chi connectivity index (χ3v) is 7.28. The zero-order chi connectivity index (χ0) is 28.4. The summed E-state index contributed by atoms with van der Waals surface area (Å²) in [5.74, 6) is -1.31. The predicted molar refractivity (Wildman–Crippen MR) is 147 cm³/mol. The molecule has 0 spiro atoms. The molecule has 0 saturated heterocycles. The van der Waals surface area contributed by atoms with Crippen LogP contribution in [0.1, 0.15) is 12.5 Å². The van der Waals surface area contributed by atoms with E-state index in [0.717, 1.165) is 14.8 Å². The molecule has 12 heteroatoms. The fraction of sp³-hybridized carbons (Fsp3) is 0.222. The van der Waals surface area contributed by atoms with Crippen LogP contribution >= 0.6 is 11.6 Å². The number of esters is 1. The zero-order valence-corrected chi connectivity index (χ0v) is 22.9. The van der Waals surface area contributed by atoms with Gasteiger partial charge < -0.3 is 19.7 Å². The van der Waals surface area contributed by atoms with Crippen LogP contribution in [0, 0.1) is 0 Å². The predicted octanol–water partition coefficient (Wildman–Crippen LogP) is 4.31. The maximum atomic E-state index is 13.6. The highest BCUT2D eigenvalue weighted by molar-refractivity contribution is 7.92. The Morgan fingerprint density at radius 3 is 2.31 bits per heavy atom. The van der Waals surface area contributed by atoms with Crippen LogP contribution in [0.4, 0.5) is 16.2 Å². The highest BCUT2D eigenvalue weighted by Crippen LogP contribution is 2.27. The van der Waals surface area contributed by atoms with Crippen molar-refractivity contribution in [3.8, 4) is 0 Å². The number of hydrogen-bond donors (Lipinski definition) is 1. The normalized spacial score (nSPS) is 10.8. The number of amides is 2. The molecule has 0 aromatic heterocycles. The lowest BCUT2D eigenvalue weighted by atomic mass is 10.2. The minimum Gasteiger partial charge on any atom is -0.465 e. The molecule has 0 radical (unpaired) electrons. The molecule has 39 heavy (non-hydrogen) atoms. The number of carbonyl (C=O) groups excluding carboxylic acids is 3. The molecule has 0 heterocycles. The standard InChI is InChI=1S/C27H28ClN3O7S/c1-3-37-26(33)18-31(23-13-7-11-21(28)15-23)39(35,36)24-14-8-12-22(16-24)29-25(32)17-30(2)27(34)38-19-20-9-5-4-6-10-20/h4-16H,3,17-19H2,1-2H3,(H,29,32). The van der Waals surface area contributed by atoms with Crippen molar-refractivity contribution in [3.63, 3.8) is 0 Å². The molecule has 0 aliphatic rings. The van der Waals surface area contributed by atoms with Crippen LogP contribution in [-0.2, 0) is 35.7 Å². The second-order valence-electron chi connectivity index (χ2n) is 8.27. The van der Waals surface area contributed by atoms with Gasteiger partial charge in [0, 0.05) is 17.8 Å². The van der Waals surface area contributed by atoms with Crippen LogP contribution in [-0.4, -0.2) is 58.0 Å². The average molecular weight is 574 g/mol. The largest absolute Gasteiger partial charge is 0.465 e. The first-order chi connectivity index (χ1) is 18.6. The number of benzene rings is 3. The van der Waals surface area contributed by atoms with Gasteiger partial charge in [0.1, 0.15) is 19.7 Å². The second kappa shape index (κ2) is 13.6. The molecule has 1 N–H and O–H groups in total. The van der Waals surface area contributed by atoms with Gasteiger partial charge in [-0.1, -0.05) is 54.1 Å². The van der Waals surface area contributed by atoms with Crippen LogP contribution in [0.5, 0.6) is 0 Å². The summed E-state index contributed by atoms with van der Waals surface area (Å²) in [6.45, 7) is 0.840. The summed E-state index contributed by atoms with van der Waals surface area (Å²) in [5, 5.41) is 2.86. The first-order valence-corrected chi connectivity index (χ1v) is 13.7. The van der Waals surface area contributed by atoms with E-state index >= 15 is 0 Å². The van der Waals surface area contributed by atoms with Gasteiger partial charge in [-0.15, -0.1) is 0 Å². The average Bonchev–Trinajstić information content (AvgIpc) is 2.91. The van der Waals surface area contributed by atoms with E-state index in [-0.39, 0.29) is 41.1 Å². The number of halogens is 1. The summed E-state index contributed by atoms with van der Waals surface area (Å²) in [5.41, 5.74) is 1.14. The van der Waals surface area contributed by atoms with Crippen LogP contribution in [0.15, 0.2) is 83.8 Å². The van der Waals surface area contributed by atoms with E-state index in [1.807, 2.05) is 18.2 Å². The summed E-state index contributed by atoms with van der Waals surface area (Å²) in [6, 6.07) is 20.7. The van der Waals surface area contributed by atoms with Crippen molar-refractivity contribution in [1.29, 1.82) is 0 Å². The molecule has 3 aromatic rings. The quantitative estimate of drug-likeness (QED) is 0.339. The summed E-state index contributed by atoms with van der Waals surface area (Å²) in [7, 11) is -2.87. The van der Waals surface area contributed by atoms with Gasteiger partial charge in [-0.25, -0.2) is 13.2 Å². The molecular formula is C27H28ClN3O7S. The molecule has 0 saturated carbocycles. The van der Waals surface area contributed by atoms with E-state index in [0.29, 0.717) is 0 Å². The van der Waals surface area contributed by atoms with Gasteiger partial charge in [-0.3, -0.25) is 13.9 Å². The molecule has 0 aliphatic heterocycles. The number of hydrogen-bond acceptors (Lipinski definition) is 7. The number of anilines is 2. The number of nitrogens with zero attached hydrogens (tertiary/aromatic N) is 2. The van der Waals surface area contributed by atoms with E-state index < -0.39 is 34.5 Å². The van der Waals surface area contributed by atoms with Gasteiger partial charge in [-0.2, -0.15) is 0 Å². The number of sulfonamides is 1. The van der Waals surface area contributed by atoms with E-state index in [9.17, 15) is 22.8 Å². The summed E-state index contributed by atoms with van der Waals surface area (Å²) < 4.78 is 38.2. The van der Waals surface area contributed by atoms with Crippen molar-refractivity contribution in [2.24, 2.45) is 0 Å². The number of ether oxygens (including phenoxy) is 2. The Hall–Kier alpha value is -4.09. The van der Waals surface area contributed by atoms with Crippen molar-refractivity contribution in [1.82, 2.24) is 4.90 Å². The summed E-state index contributed by atoms with van der Waals surface area (Å²) >= 11 is 6.06. The van der Waals surface area contributed by atoms with Gasteiger partial charge in [0.15, 0.2) is 0 Å². The van der Waals surface area contributed by atoms with Crippen LogP contribution in [0.25, 0.3) is 0 Å². The van der Waals surface area contributed by atoms with Crippen molar-refractivity contribution in [3.05, 3.63) is 89.4 Å². The minimum atomic E-state index is -4.27. The fourth-order valence-corrected chi connectivity index (χ4v) is 5.07. The molecule has 10 nitrogen and oxygen atoms in total.